The molecule has 0 fully saturated rings. The normalized spacial score (nSPS) is 11.0. The van der Waals surface area contributed by atoms with Gasteiger partial charge in [0.05, 0.1) is 11.2 Å². The lowest BCUT2D eigenvalue weighted by Gasteiger charge is -2.07. The summed E-state index contributed by atoms with van der Waals surface area (Å²) < 4.78 is 0. The highest BCUT2D eigenvalue weighted by Crippen LogP contribution is 2.36. The van der Waals surface area contributed by atoms with Crippen LogP contribution in [0.25, 0.3) is 22.0 Å². The minimum absolute atomic E-state index is 0.735. The summed E-state index contributed by atoms with van der Waals surface area (Å²) in [4.78, 5) is 7.05. The number of hydrogen-bond acceptors (Lipinski definition) is 3. The van der Waals surface area contributed by atoms with Crippen molar-refractivity contribution in [2.45, 2.75) is 13.8 Å². The zero-order valence-corrected chi connectivity index (χ0v) is 11.2. The van der Waals surface area contributed by atoms with E-state index in [2.05, 4.69) is 37.0 Å². The molecule has 0 bridgehead atoms. The second-order valence-electron chi connectivity index (χ2n) is 4.43. The van der Waals surface area contributed by atoms with Crippen LogP contribution in [0.1, 0.15) is 9.75 Å². The van der Waals surface area contributed by atoms with E-state index in [0.29, 0.717) is 0 Å². The summed E-state index contributed by atoms with van der Waals surface area (Å²) in [6.07, 6.45) is 1.79. The molecule has 0 saturated carbocycles. The first-order valence-corrected chi connectivity index (χ1v) is 6.69. The molecule has 0 atom stereocenters. The molecule has 2 heterocycles. The predicted molar refractivity (Wildman–Crippen MR) is 78.9 cm³/mol. The summed E-state index contributed by atoms with van der Waals surface area (Å²) in [7, 11) is 0. The van der Waals surface area contributed by atoms with Crippen molar-refractivity contribution in [3.8, 4) is 11.1 Å². The third kappa shape index (κ3) is 1.68. The van der Waals surface area contributed by atoms with Gasteiger partial charge in [0.25, 0.3) is 0 Å². The van der Waals surface area contributed by atoms with E-state index >= 15 is 0 Å². The van der Waals surface area contributed by atoms with Gasteiger partial charge in [-0.05, 0) is 43.2 Å². The van der Waals surface area contributed by atoms with Gasteiger partial charge < -0.3 is 5.73 Å². The smallest absolute Gasteiger partial charge is 0.0937 e. The first-order valence-electron chi connectivity index (χ1n) is 5.87. The van der Waals surface area contributed by atoms with Crippen molar-refractivity contribution in [3.05, 3.63) is 46.3 Å². The number of fused-ring (bicyclic) bond motifs is 1. The third-order valence-electron chi connectivity index (χ3n) is 3.13. The number of benzene rings is 1. The molecule has 0 radical (unpaired) electrons. The number of nitrogens with zero attached hydrogens (tertiary/aromatic N) is 1. The van der Waals surface area contributed by atoms with Crippen molar-refractivity contribution in [3.63, 3.8) is 0 Å². The van der Waals surface area contributed by atoms with Crippen molar-refractivity contribution in [2.75, 3.05) is 5.73 Å². The molecule has 1 aromatic carbocycles. The molecule has 0 amide bonds. The van der Waals surface area contributed by atoms with Crippen molar-refractivity contribution in [1.82, 2.24) is 4.98 Å². The summed E-state index contributed by atoms with van der Waals surface area (Å²) in [6, 6.07) is 10.3. The van der Waals surface area contributed by atoms with E-state index in [1.165, 1.54) is 20.9 Å². The fourth-order valence-electron chi connectivity index (χ4n) is 2.33. The lowest BCUT2D eigenvalue weighted by molar-refractivity contribution is 1.41. The van der Waals surface area contributed by atoms with Crippen molar-refractivity contribution in [2.24, 2.45) is 0 Å². The Morgan fingerprint density at radius 2 is 1.94 bits per heavy atom. The molecule has 2 nitrogen and oxygen atoms in total. The first kappa shape index (κ1) is 11.2. The molecule has 0 unspecified atom stereocenters. The van der Waals surface area contributed by atoms with Gasteiger partial charge in [0.1, 0.15) is 0 Å². The van der Waals surface area contributed by atoms with Gasteiger partial charge in [0, 0.05) is 21.3 Å². The van der Waals surface area contributed by atoms with E-state index in [0.717, 1.165) is 16.6 Å². The number of nitrogens with two attached hydrogens (primary N) is 1. The highest BCUT2D eigenvalue weighted by Gasteiger charge is 2.10. The van der Waals surface area contributed by atoms with Crippen LogP contribution in [-0.4, -0.2) is 4.98 Å². The number of nitrogen functional groups attached to an aromatic ring is 1. The van der Waals surface area contributed by atoms with Gasteiger partial charge in [-0.1, -0.05) is 12.1 Å². The lowest BCUT2D eigenvalue weighted by Crippen LogP contribution is -1.91. The minimum Gasteiger partial charge on any atom is -0.397 e. The summed E-state index contributed by atoms with van der Waals surface area (Å²) >= 11 is 1.83. The second kappa shape index (κ2) is 4.10. The number of pyridine rings is 1. The average Bonchev–Trinajstić information content (AvgIpc) is 2.69. The molecule has 0 aliphatic carbocycles. The van der Waals surface area contributed by atoms with Crippen LogP contribution >= 0.6 is 11.3 Å². The first-order chi connectivity index (χ1) is 8.66. The van der Waals surface area contributed by atoms with Crippen LogP contribution in [0.3, 0.4) is 0 Å². The lowest BCUT2D eigenvalue weighted by atomic mass is 10.0. The SMILES string of the molecule is Cc1cc(-c2ccc(N)c3ncccc23)c(C)s1. The summed E-state index contributed by atoms with van der Waals surface area (Å²) in [5, 5.41) is 1.12. The Bertz CT molecular complexity index is 728. The topological polar surface area (TPSA) is 38.9 Å². The molecular formula is C15H14N2S. The van der Waals surface area contributed by atoms with Crippen LogP contribution in [0.2, 0.25) is 0 Å². The maximum atomic E-state index is 5.99. The number of thiophene rings is 1. The molecule has 90 valence electrons. The number of aromatic nitrogens is 1. The van der Waals surface area contributed by atoms with E-state index in [9.17, 15) is 0 Å². The molecule has 3 aromatic rings. The highest BCUT2D eigenvalue weighted by molar-refractivity contribution is 7.12. The molecule has 18 heavy (non-hydrogen) atoms. The van der Waals surface area contributed by atoms with Crippen molar-refractivity contribution < 1.29 is 0 Å². The highest BCUT2D eigenvalue weighted by atomic mass is 32.1. The molecule has 3 rings (SSSR count). The predicted octanol–water partition coefficient (Wildman–Crippen LogP) is 4.16. The third-order valence-corrected chi connectivity index (χ3v) is 4.10. The molecule has 2 N–H and O–H groups in total. The maximum absolute atomic E-state index is 5.99. The molecule has 0 aliphatic heterocycles. The van der Waals surface area contributed by atoms with Crippen LogP contribution < -0.4 is 5.73 Å². The second-order valence-corrected chi connectivity index (χ2v) is 5.89. The standard InChI is InChI=1S/C15H14N2S/c1-9-8-13(10(2)18-9)11-5-6-14(16)15-12(11)4-3-7-17-15/h3-8H,16H2,1-2H3. The number of rotatable bonds is 1. The van der Waals surface area contributed by atoms with E-state index < -0.39 is 0 Å². The molecule has 0 saturated heterocycles. The Morgan fingerprint density at radius 3 is 2.67 bits per heavy atom. The number of hydrogen-bond donors (Lipinski definition) is 1. The van der Waals surface area contributed by atoms with Crippen LogP contribution in [0, 0.1) is 13.8 Å². The summed E-state index contributed by atoms with van der Waals surface area (Å²) in [6.45, 7) is 4.30. The number of anilines is 1. The fourth-order valence-corrected chi connectivity index (χ4v) is 3.27. The Labute approximate surface area is 110 Å². The molecule has 2 aromatic heterocycles. The molecule has 0 spiro atoms. The van der Waals surface area contributed by atoms with E-state index in [4.69, 9.17) is 5.73 Å². The van der Waals surface area contributed by atoms with Gasteiger partial charge in [0.2, 0.25) is 0 Å². The van der Waals surface area contributed by atoms with Gasteiger partial charge in [-0.25, -0.2) is 0 Å². The Morgan fingerprint density at radius 1 is 1.11 bits per heavy atom. The monoisotopic (exact) mass is 254 g/mol. The Balaban J connectivity index is 2.37. The quantitative estimate of drug-likeness (QED) is 0.662. The Hall–Kier alpha value is -1.87. The van der Waals surface area contributed by atoms with Crippen LogP contribution in [0.4, 0.5) is 5.69 Å². The van der Waals surface area contributed by atoms with Gasteiger partial charge in [0.15, 0.2) is 0 Å². The minimum atomic E-state index is 0.735. The van der Waals surface area contributed by atoms with Gasteiger partial charge in [-0.2, -0.15) is 0 Å². The zero-order chi connectivity index (χ0) is 12.7. The van der Waals surface area contributed by atoms with Gasteiger partial charge >= 0.3 is 0 Å². The zero-order valence-electron chi connectivity index (χ0n) is 10.4. The molecule has 0 aliphatic rings. The Kier molecular flexibility index (Phi) is 2.56. The summed E-state index contributed by atoms with van der Waals surface area (Å²) in [5.41, 5.74) is 10.1. The van der Waals surface area contributed by atoms with Crippen LogP contribution in [0.5, 0.6) is 0 Å². The van der Waals surface area contributed by atoms with Gasteiger partial charge in [-0.3, -0.25) is 4.98 Å². The fraction of sp³-hybridized carbons (Fsp3) is 0.133. The average molecular weight is 254 g/mol. The van der Waals surface area contributed by atoms with Gasteiger partial charge in [-0.15, -0.1) is 11.3 Å². The summed E-state index contributed by atoms with van der Waals surface area (Å²) in [5.74, 6) is 0. The van der Waals surface area contributed by atoms with Crippen LogP contribution in [0.15, 0.2) is 36.5 Å². The van der Waals surface area contributed by atoms with E-state index in [-0.39, 0.29) is 0 Å². The van der Waals surface area contributed by atoms with Crippen molar-refractivity contribution in [1.29, 1.82) is 0 Å². The number of aryl methyl sites for hydroxylation is 2. The molecule has 3 heteroatoms. The molecular weight excluding hydrogens is 240 g/mol. The van der Waals surface area contributed by atoms with E-state index in [1.807, 2.05) is 23.5 Å². The van der Waals surface area contributed by atoms with Crippen LogP contribution in [-0.2, 0) is 0 Å². The largest absolute Gasteiger partial charge is 0.397 e. The van der Waals surface area contributed by atoms with E-state index in [1.54, 1.807) is 6.20 Å². The van der Waals surface area contributed by atoms with Crippen molar-refractivity contribution >= 4 is 27.9 Å². The maximum Gasteiger partial charge on any atom is 0.0937 e.